The third-order valence-electron chi connectivity index (χ3n) is 4.50. The maximum absolute atomic E-state index is 12.8. The van der Waals surface area contributed by atoms with Gasteiger partial charge in [0.05, 0.1) is 11.9 Å². The van der Waals surface area contributed by atoms with Crippen molar-refractivity contribution in [2.45, 2.75) is 13.3 Å². The Balaban J connectivity index is 1.90. The van der Waals surface area contributed by atoms with Gasteiger partial charge in [-0.05, 0) is 36.2 Å². The second kappa shape index (κ2) is 6.53. The highest BCUT2D eigenvalue weighted by atomic mass is 79.9. The van der Waals surface area contributed by atoms with Gasteiger partial charge >= 0.3 is 0 Å². The first-order valence-electron chi connectivity index (χ1n) is 8.28. The Morgan fingerprint density at radius 1 is 1.12 bits per heavy atom. The van der Waals surface area contributed by atoms with Crippen LogP contribution < -0.4 is 5.56 Å². The number of aryl methyl sites for hydroxylation is 1. The molecule has 0 aliphatic carbocycles. The van der Waals surface area contributed by atoms with Crippen molar-refractivity contribution in [1.29, 1.82) is 0 Å². The maximum Gasteiger partial charge on any atom is 0.264 e. The number of para-hydroxylation sites is 1. The third kappa shape index (κ3) is 2.86. The Labute approximate surface area is 159 Å². The molecule has 0 spiro atoms. The zero-order valence-corrected chi connectivity index (χ0v) is 16.1. The van der Waals surface area contributed by atoms with E-state index in [2.05, 4.69) is 21.0 Å². The molecule has 2 aromatic carbocycles. The maximum atomic E-state index is 12.8. The largest absolute Gasteiger partial charge is 0.299 e. The van der Waals surface area contributed by atoms with Crippen LogP contribution in [0.4, 0.5) is 0 Å². The SMILES string of the molecule is Cc1ccccc1-n1ncc2c(=O)n(C)c(Cc3cccc(Br)c3)nc21. The van der Waals surface area contributed by atoms with E-state index in [9.17, 15) is 4.79 Å². The summed E-state index contributed by atoms with van der Waals surface area (Å²) in [5, 5.41) is 4.95. The number of fused-ring (bicyclic) bond motifs is 1. The van der Waals surface area contributed by atoms with Gasteiger partial charge in [0.2, 0.25) is 0 Å². The minimum atomic E-state index is -0.0835. The molecule has 0 aliphatic rings. The summed E-state index contributed by atoms with van der Waals surface area (Å²) in [7, 11) is 1.76. The van der Waals surface area contributed by atoms with Crippen molar-refractivity contribution in [2.75, 3.05) is 0 Å². The molecule has 26 heavy (non-hydrogen) atoms. The van der Waals surface area contributed by atoms with Gasteiger partial charge in [-0.2, -0.15) is 5.10 Å². The molecule has 0 fully saturated rings. The van der Waals surface area contributed by atoms with Crippen LogP contribution in [0.5, 0.6) is 0 Å². The number of rotatable bonds is 3. The number of hydrogen-bond acceptors (Lipinski definition) is 3. The summed E-state index contributed by atoms with van der Waals surface area (Å²) in [6, 6.07) is 16.0. The standard InChI is InChI=1S/C20H17BrN4O/c1-13-6-3-4-9-17(13)25-19-16(12-22-25)20(26)24(2)18(23-19)11-14-7-5-8-15(21)10-14/h3-10,12H,11H2,1-2H3. The molecule has 2 heterocycles. The van der Waals surface area contributed by atoms with Gasteiger partial charge in [0, 0.05) is 17.9 Å². The van der Waals surface area contributed by atoms with E-state index in [1.165, 1.54) is 0 Å². The molecule has 0 N–H and O–H groups in total. The normalized spacial score (nSPS) is 11.2. The first-order valence-corrected chi connectivity index (χ1v) is 9.08. The third-order valence-corrected chi connectivity index (χ3v) is 4.99. The van der Waals surface area contributed by atoms with Crippen molar-refractivity contribution < 1.29 is 0 Å². The molecule has 6 heteroatoms. The molecule has 4 rings (SSSR count). The first kappa shape index (κ1) is 16.7. The van der Waals surface area contributed by atoms with Crippen LogP contribution in [0.15, 0.2) is 64.0 Å². The number of nitrogens with zero attached hydrogens (tertiary/aromatic N) is 4. The lowest BCUT2D eigenvalue weighted by atomic mass is 10.1. The topological polar surface area (TPSA) is 52.7 Å². The van der Waals surface area contributed by atoms with Crippen molar-refractivity contribution in [3.63, 3.8) is 0 Å². The van der Waals surface area contributed by atoms with Crippen LogP contribution in [0, 0.1) is 6.92 Å². The minimum Gasteiger partial charge on any atom is -0.299 e. The molecule has 0 unspecified atom stereocenters. The summed E-state index contributed by atoms with van der Waals surface area (Å²) >= 11 is 3.49. The molecule has 0 radical (unpaired) electrons. The van der Waals surface area contributed by atoms with Crippen LogP contribution in [0.3, 0.4) is 0 Å². The van der Waals surface area contributed by atoms with Crippen LogP contribution in [-0.4, -0.2) is 19.3 Å². The second-order valence-corrected chi connectivity index (χ2v) is 7.19. The second-order valence-electron chi connectivity index (χ2n) is 6.28. The quantitative estimate of drug-likeness (QED) is 0.518. The molecular weight excluding hydrogens is 392 g/mol. The van der Waals surface area contributed by atoms with Crippen LogP contribution in [0.25, 0.3) is 16.7 Å². The highest BCUT2D eigenvalue weighted by molar-refractivity contribution is 9.10. The van der Waals surface area contributed by atoms with Gasteiger partial charge in [-0.15, -0.1) is 0 Å². The summed E-state index contributed by atoms with van der Waals surface area (Å²) in [4.78, 5) is 17.6. The Morgan fingerprint density at radius 2 is 1.92 bits per heavy atom. The van der Waals surface area contributed by atoms with Gasteiger partial charge in [-0.25, -0.2) is 9.67 Å². The molecule has 4 aromatic rings. The van der Waals surface area contributed by atoms with E-state index >= 15 is 0 Å². The van der Waals surface area contributed by atoms with Crippen LogP contribution in [-0.2, 0) is 13.5 Å². The van der Waals surface area contributed by atoms with E-state index in [1.807, 2.05) is 55.5 Å². The van der Waals surface area contributed by atoms with Gasteiger partial charge in [0.15, 0.2) is 5.65 Å². The fourth-order valence-electron chi connectivity index (χ4n) is 3.06. The predicted molar refractivity (Wildman–Crippen MR) is 106 cm³/mol. The molecule has 2 aromatic heterocycles. The minimum absolute atomic E-state index is 0.0835. The molecule has 0 saturated carbocycles. The summed E-state index contributed by atoms with van der Waals surface area (Å²) in [6.45, 7) is 2.02. The lowest BCUT2D eigenvalue weighted by Crippen LogP contribution is -2.22. The number of benzene rings is 2. The predicted octanol–water partition coefficient (Wildman–Crippen LogP) is 3.78. The molecule has 0 amide bonds. The van der Waals surface area contributed by atoms with Gasteiger partial charge in [0.25, 0.3) is 5.56 Å². The van der Waals surface area contributed by atoms with Gasteiger partial charge in [-0.1, -0.05) is 46.3 Å². The van der Waals surface area contributed by atoms with E-state index in [0.717, 1.165) is 21.3 Å². The fourth-order valence-corrected chi connectivity index (χ4v) is 3.51. The van der Waals surface area contributed by atoms with Gasteiger partial charge in [0.1, 0.15) is 11.2 Å². The average molecular weight is 409 g/mol. The van der Waals surface area contributed by atoms with Crippen molar-refractivity contribution in [3.8, 4) is 5.69 Å². The van der Waals surface area contributed by atoms with Crippen molar-refractivity contribution in [3.05, 3.63) is 86.5 Å². The van der Waals surface area contributed by atoms with E-state index in [-0.39, 0.29) is 5.56 Å². The van der Waals surface area contributed by atoms with Crippen LogP contribution in [0.1, 0.15) is 17.0 Å². The molecule has 0 atom stereocenters. The summed E-state index contributed by atoms with van der Waals surface area (Å²) in [5.74, 6) is 0.705. The van der Waals surface area contributed by atoms with E-state index in [0.29, 0.717) is 23.3 Å². The summed E-state index contributed by atoms with van der Waals surface area (Å²) in [6.07, 6.45) is 2.17. The highest BCUT2D eigenvalue weighted by Gasteiger charge is 2.15. The smallest absolute Gasteiger partial charge is 0.264 e. The number of halogens is 1. The molecule has 130 valence electrons. The monoisotopic (exact) mass is 408 g/mol. The number of aromatic nitrogens is 4. The van der Waals surface area contributed by atoms with Crippen LogP contribution >= 0.6 is 15.9 Å². The van der Waals surface area contributed by atoms with Crippen molar-refractivity contribution >= 4 is 27.0 Å². The number of hydrogen-bond donors (Lipinski definition) is 0. The summed E-state index contributed by atoms with van der Waals surface area (Å²) < 4.78 is 4.36. The Kier molecular flexibility index (Phi) is 4.20. The van der Waals surface area contributed by atoms with E-state index < -0.39 is 0 Å². The van der Waals surface area contributed by atoms with Crippen molar-refractivity contribution in [2.24, 2.45) is 7.05 Å². The lowest BCUT2D eigenvalue weighted by molar-refractivity contribution is 0.756. The highest BCUT2D eigenvalue weighted by Crippen LogP contribution is 2.19. The molecular formula is C20H17BrN4O. The Morgan fingerprint density at radius 3 is 2.69 bits per heavy atom. The van der Waals surface area contributed by atoms with E-state index in [4.69, 9.17) is 4.98 Å². The van der Waals surface area contributed by atoms with Crippen molar-refractivity contribution in [1.82, 2.24) is 19.3 Å². The van der Waals surface area contributed by atoms with Gasteiger partial charge < -0.3 is 0 Å². The average Bonchev–Trinajstić information content (AvgIpc) is 3.03. The van der Waals surface area contributed by atoms with Gasteiger partial charge in [-0.3, -0.25) is 9.36 Å². The lowest BCUT2D eigenvalue weighted by Gasteiger charge is -2.10. The fraction of sp³-hybridized carbons (Fsp3) is 0.150. The zero-order chi connectivity index (χ0) is 18.3. The van der Waals surface area contributed by atoms with Crippen LogP contribution in [0.2, 0.25) is 0 Å². The molecule has 0 aliphatic heterocycles. The molecule has 0 saturated heterocycles. The first-order chi connectivity index (χ1) is 12.5. The molecule has 0 bridgehead atoms. The summed E-state index contributed by atoms with van der Waals surface area (Å²) in [5.41, 5.74) is 3.60. The zero-order valence-electron chi connectivity index (χ0n) is 14.5. The Bertz CT molecular complexity index is 1180. The molecule has 5 nitrogen and oxygen atoms in total. The van der Waals surface area contributed by atoms with E-state index in [1.54, 1.807) is 22.5 Å². The Hall–Kier alpha value is -2.73.